The Morgan fingerprint density at radius 1 is 1.50 bits per heavy atom. The van der Waals surface area contributed by atoms with Crippen LogP contribution in [0.25, 0.3) is 10.8 Å². The molecule has 0 aliphatic heterocycles. The van der Waals surface area contributed by atoms with Crippen LogP contribution < -0.4 is 0 Å². The van der Waals surface area contributed by atoms with Crippen LogP contribution in [-0.4, -0.2) is 11.3 Å². The molecule has 0 aliphatic carbocycles. The summed E-state index contributed by atoms with van der Waals surface area (Å²) >= 11 is 0. The van der Waals surface area contributed by atoms with Crippen molar-refractivity contribution in [2.24, 2.45) is 0 Å². The molecule has 0 bridgehead atoms. The van der Waals surface area contributed by atoms with E-state index in [2.05, 4.69) is 11.1 Å². The van der Waals surface area contributed by atoms with E-state index in [1.165, 1.54) is 24.5 Å². The average molecular weight is 263 g/mol. The maximum Gasteiger partial charge on any atom is 0.111 e. The topological polar surface area (TPSA) is 30.0 Å². The summed E-state index contributed by atoms with van der Waals surface area (Å²) < 4.78 is 13.4. The molecule has 14 heavy (non-hydrogen) atoms. The van der Waals surface area contributed by atoms with Crippen LogP contribution in [0.15, 0.2) is 24.5 Å². The van der Waals surface area contributed by atoms with Crippen molar-refractivity contribution in [3.05, 3.63) is 42.0 Å². The minimum Gasteiger partial charge on any atom is -0.313 e. The smallest absolute Gasteiger partial charge is 0.111 e. The third-order valence-corrected chi connectivity index (χ3v) is 1.82. The number of benzene rings is 1. The number of hydrogen-bond donors (Lipinski definition) is 0. The molecule has 0 aliphatic rings. The van der Waals surface area contributed by atoms with Crippen molar-refractivity contribution in [2.75, 3.05) is 0 Å². The monoisotopic (exact) mass is 263 g/mol. The predicted octanol–water partition coefficient (Wildman–Crippen LogP) is 1.98. The Kier molecular flexibility index (Phi) is 3.84. The Morgan fingerprint density at radius 3 is 3.00 bits per heavy atom. The average Bonchev–Trinajstić information content (AvgIpc) is 2.19. The van der Waals surface area contributed by atoms with E-state index < -0.39 is 5.82 Å². The minimum atomic E-state index is -0.508. The number of carbonyl (C=O) groups excluding carboxylic acids is 1. The minimum absolute atomic E-state index is 0. The second-order valence-electron chi connectivity index (χ2n) is 2.60. The SMILES string of the molecule is O=Cc1c[c-]c2cnccc2c1F.[Y]. The summed E-state index contributed by atoms with van der Waals surface area (Å²) in [5.74, 6) is -0.508. The van der Waals surface area contributed by atoms with Gasteiger partial charge in [0.15, 0.2) is 0 Å². The summed E-state index contributed by atoms with van der Waals surface area (Å²) in [7, 11) is 0. The third-order valence-electron chi connectivity index (χ3n) is 1.82. The van der Waals surface area contributed by atoms with E-state index in [1.807, 2.05) is 0 Å². The van der Waals surface area contributed by atoms with E-state index in [0.717, 1.165) is 0 Å². The van der Waals surface area contributed by atoms with Crippen LogP contribution in [0.4, 0.5) is 4.39 Å². The molecule has 0 fully saturated rings. The van der Waals surface area contributed by atoms with Crippen LogP contribution in [-0.2, 0) is 32.7 Å². The largest absolute Gasteiger partial charge is 0.313 e. The van der Waals surface area contributed by atoms with Gasteiger partial charge in [0.1, 0.15) is 6.29 Å². The molecule has 0 spiro atoms. The Morgan fingerprint density at radius 2 is 2.29 bits per heavy atom. The summed E-state index contributed by atoms with van der Waals surface area (Å²) in [5, 5.41) is 0.949. The normalized spacial score (nSPS) is 9.50. The number of halogens is 1. The molecule has 0 atom stereocenters. The van der Waals surface area contributed by atoms with Gasteiger partial charge in [-0.3, -0.25) is 0 Å². The molecular formula is C10H5FNOY-. The Labute approximate surface area is 105 Å². The quantitative estimate of drug-likeness (QED) is 0.581. The first-order valence-electron chi connectivity index (χ1n) is 3.72. The van der Waals surface area contributed by atoms with Crippen molar-refractivity contribution in [3.8, 4) is 0 Å². The van der Waals surface area contributed by atoms with Crippen molar-refractivity contribution < 1.29 is 41.9 Å². The van der Waals surface area contributed by atoms with Gasteiger partial charge in [-0.25, -0.2) is 4.39 Å². The summed E-state index contributed by atoms with van der Waals surface area (Å²) in [6.45, 7) is 0. The molecule has 2 aromatic rings. The van der Waals surface area contributed by atoms with Crippen LogP contribution >= 0.6 is 0 Å². The number of aldehydes is 1. The van der Waals surface area contributed by atoms with Gasteiger partial charge in [-0.2, -0.15) is 0 Å². The number of carbonyl (C=O) groups is 1. The number of pyridine rings is 1. The van der Waals surface area contributed by atoms with E-state index in [1.54, 1.807) is 0 Å². The first-order chi connectivity index (χ1) is 6.33. The molecule has 2 nitrogen and oxygen atoms in total. The molecule has 0 amide bonds. The van der Waals surface area contributed by atoms with Crippen molar-refractivity contribution in [1.29, 1.82) is 0 Å². The van der Waals surface area contributed by atoms with E-state index in [4.69, 9.17) is 0 Å². The van der Waals surface area contributed by atoms with Gasteiger partial charge in [-0.1, -0.05) is 11.5 Å². The van der Waals surface area contributed by atoms with Gasteiger partial charge < -0.3 is 9.78 Å². The van der Waals surface area contributed by atoms with Gasteiger partial charge in [0.25, 0.3) is 0 Å². The Balaban J connectivity index is 0.000000980. The van der Waals surface area contributed by atoms with Gasteiger partial charge in [-0.15, -0.1) is 17.5 Å². The van der Waals surface area contributed by atoms with E-state index >= 15 is 0 Å². The van der Waals surface area contributed by atoms with Gasteiger partial charge >= 0.3 is 0 Å². The van der Waals surface area contributed by atoms with Crippen LogP contribution in [0.2, 0.25) is 0 Å². The number of fused-ring (bicyclic) bond motifs is 1. The van der Waals surface area contributed by atoms with Crippen LogP contribution in [0, 0.1) is 11.9 Å². The van der Waals surface area contributed by atoms with Crippen LogP contribution in [0.1, 0.15) is 10.4 Å². The molecule has 0 saturated heterocycles. The first-order valence-corrected chi connectivity index (χ1v) is 3.72. The number of hydrogen-bond acceptors (Lipinski definition) is 2. The summed E-state index contributed by atoms with van der Waals surface area (Å²) in [6, 6.07) is 5.63. The molecule has 4 heteroatoms. The second-order valence-corrected chi connectivity index (χ2v) is 2.60. The molecule has 0 N–H and O–H groups in total. The molecule has 1 heterocycles. The fourth-order valence-corrected chi connectivity index (χ4v) is 1.16. The second kappa shape index (κ2) is 4.71. The maximum absolute atomic E-state index is 13.4. The third kappa shape index (κ3) is 1.89. The van der Waals surface area contributed by atoms with Crippen LogP contribution in [0.5, 0.6) is 0 Å². The zero-order chi connectivity index (χ0) is 9.26. The number of aromatic nitrogens is 1. The van der Waals surface area contributed by atoms with Crippen molar-refractivity contribution in [2.45, 2.75) is 0 Å². The van der Waals surface area contributed by atoms with Gasteiger partial charge in [0.2, 0.25) is 0 Å². The Bertz CT molecular complexity index is 473. The van der Waals surface area contributed by atoms with Gasteiger partial charge in [0, 0.05) is 38.9 Å². The van der Waals surface area contributed by atoms with E-state index in [-0.39, 0.29) is 38.3 Å². The zero-order valence-electron chi connectivity index (χ0n) is 7.20. The molecule has 1 aromatic carbocycles. The molecular weight excluding hydrogens is 258 g/mol. The predicted molar refractivity (Wildman–Crippen MR) is 45.9 cm³/mol. The van der Waals surface area contributed by atoms with E-state index in [9.17, 15) is 9.18 Å². The van der Waals surface area contributed by atoms with Gasteiger partial charge in [0.05, 0.1) is 5.82 Å². The van der Waals surface area contributed by atoms with E-state index in [0.29, 0.717) is 17.1 Å². The number of nitrogens with zero attached hydrogens (tertiary/aromatic N) is 1. The molecule has 1 radical (unpaired) electrons. The molecule has 2 rings (SSSR count). The fraction of sp³-hybridized carbons (Fsp3) is 0. The zero-order valence-corrected chi connectivity index (χ0v) is 10.0. The first kappa shape index (κ1) is 11.4. The molecule has 0 unspecified atom stereocenters. The van der Waals surface area contributed by atoms with Crippen molar-refractivity contribution in [1.82, 2.24) is 4.98 Å². The summed E-state index contributed by atoms with van der Waals surface area (Å²) in [5.41, 5.74) is 0.0266. The molecule has 67 valence electrons. The standard InChI is InChI=1S/C10H5FNO.Y/c11-10-8(6-13)2-1-7-5-12-4-3-9(7)10;/h2-6H;/q-1;. The van der Waals surface area contributed by atoms with Crippen molar-refractivity contribution >= 4 is 17.1 Å². The molecule has 0 saturated carbocycles. The van der Waals surface area contributed by atoms with Gasteiger partial charge in [-0.05, 0) is 11.8 Å². The summed E-state index contributed by atoms with van der Waals surface area (Å²) in [6.07, 6.45) is 3.46. The molecule has 1 aromatic heterocycles. The van der Waals surface area contributed by atoms with Crippen molar-refractivity contribution in [3.63, 3.8) is 0 Å². The fourth-order valence-electron chi connectivity index (χ4n) is 1.16. The number of rotatable bonds is 1. The maximum atomic E-state index is 13.4. The van der Waals surface area contributed by atoms with Crippen LogP contribution in [0.3, 0.4) is 0 Å². The summed E-state index contributed by atoms with van der Waals surface area (Å²) in [4.78, 5) is 14.2. The Hall–Kier alpha value is -0.666.